The first-order valence-electron chi connectivity index (χ1n) is 7.79. The lowest BCUT2D eigenvalue weighted by Gasteiger charge is -2.30. The van der Waals surface area contributed by atoms with E-state index < -0.39 is 6.10 Å². The molecule has 0 radical (unpaired) electrons. The number of hydrogen-bond acceptors (Lipinski definition) is 7. The normalized spacial score (nSPS) is 17.4. The lowest BCUT2D eigenvalue weighted by molar-refractivity contribution is -0.0286. The third kappa shape index (κ3) is 3.38. The molecule has 4 rings (SSSR count). The molecule has 8 nitrogen and oxygen atoms in total. The first-order chi connectivity index (χ1) is 12.3. The van der Waals surface area contributed by atoms with E-state index in [4.69, 9.17) is 18.4 Å². The van der Waals surface area contributed by atoms with Crippen molar-refractivity contribution < 1.29 is 23.2 Å². The summed E-state index contributed by atoms with van der Waals surface area (Å²) >= 11 is 0. The molecule has 1 fully saturated rings. The lowest BCUT2D eigenvalue weighted by atomic mass is 10.2. The van der Waals surface area contributed by atoms with Crippen LogP contribution in [0.5, 0.6) is 11.7 Å². The topological polar surface area (TPSA) is 90.8 Å². The highest BCUT2D eigenvalue weighted by Gasteiger charge is 2.30. The van der Waals surface area contributed by atoms with Crippen LogP contribution in [0.4, 0.5) is 0 Å². The number of morpholine rings is 1. The van der Waals surface area contributed by atoms with Crippen molar-refractivity contribution in [3.8, 4) is 11.7 Å². The summed E-state index contributed by atoms with van der Waals surface area (Å²) in [4.78, 5) is 18.2. The molecule has 1 saturated heterocycles. The van der Waals surface area contributed by atoms with Crippen LogP contribution in [-0.4, -0.2) is 40.6 Å². The summed E-state index contributed by atoms with van der Waals surface area (Å²) < 4.78 is 21.4. The third-order valence-corrected chi connectivity index (χ3v) is 3.77. The largest absolute Gasteiger partial charge is 0.426 e. The zero-order valence-corrected chi connectivity index (χ0v) is 13.2. The maximum absolute atomic E-state index is 12.6. The second kappa shape index (κ2) is 6.78. The third-order valence-electron chi connectivity index (χ3n) is 3.77. The number of ether oxygens (including phenoxy) is 2. The Morgan fingerprint density at radius 3 is 2.88 bits per heavy atom. The fourth-order valence-electron chi connectivity index (χ4n) is 2.56. The first kappa shape index (κ1) is 15.4. The number of furan rings is 1. The fraction of sp³-hybridized carbons (Fsp3) is 0.235. The van der Waals surface area contributed by atoms with Crippen LogP contribution in [0.1, 0.15) is 22.5 Å². The Kier molecular flexibility index (Phi) is 4.17. The predicted octanol–water partition coefficient (Wildman–Crippen LogP) is 2.67. The van der Waals surface area contributed by atoms with Gasteiger partial charge in [-0.2, -0.15) is 4.98 Å². The van der Waals surface area contributed by atoms with E-state index >= 15 is 0 Å². The smallest absolute Gasteiger partial charge is 0.290 e. The van der Waals surface area contributed by atoms with Gasteiger partial charge in [0.1, 0.15) is 11.9 Å². The number of nitrogens with zero attached hydrogens (tertiary/aromatic N) is 3. The standard InChI is InChI=1S/C17H15N3O5/c21-17(20-8-9-22-14(10-20)16-18-11-23-19-16)13-6-7-15(25-13)24-12-4-2-1-3-5-12/h1-7,11,14H,8-10H2/t14-/m0/s1. The molecule has 0 aliphatic carbocycles. The summed E-state index contributed by atoms with van der Waals surface area (Å²) in [5.41, 5.74) is 0. The molecule has 0 unspecified atom stereocenters. The minimum absolute atomic E-state index is 0.208. The number of benzene rings is 1. The van der Waals surface area contributed by atoms with Gasteiger partial charge in [-0.15, -0.1) is 0 Å². The van der Waals surface area contributed by atoms with Gasteiger partial charge in [0.05, 0.1) is 13.2 Å². The highest BCUT2D eigenvalue weighted by molar-refractivity contribution is 5.91. The molecule has 0 spiro atoms. The molecule has 25 heavy (non-hydrogen) atoms. The number of rotatable bonds is 4. The summed E-state index contributed by atoms with van der Waals surface area (Å²) in [6.45, 7) is 1.18. The van der Waals surface area contributed by atoms with Crippen molar-refractivity contribution in [2.24, 2.45) is 0 Å². The van der Waals surface area contributed by atoms with Gasteiger partial charge in [-0.25, -0.2) is 0 Å². The van der Waals surface area contributed by atoms with Crippen LogP contribution in [-0.2, 0) is 4.74 Å². The highest BCUT2D eigenvalue weighted by atomic mass is 16.6. The molecular formula is C17H15N3O5. The van der Waals surface area contributed by atoms with Crippen molar-refractivity contribution in [2.75, 3.05) is 19.7 Å². The second-order valence-corrected chi connectivity index (χ2v) is 5.43. The number of aromatic nitrogens is 2. The molecule has 3 aromatic rings. The molecule has 1 atom stereocenters. The van der Waals surface area contributed by atoms with Crippen molar-refractivity contribution in [2.45, 2.75) is 6.10 Å². The van der Waals surface area contributed by atoms with Crippen LogP contribution in [0.15, 0.2) is 57.8 Å². The van der Waals surface area contributed by atoms with E-state index in [2.05, 4.69) is 10.1 Å². The summed E-state index contributed by atoms with van der Waals surface area (Å²) in [6, 6.07) is 12.4. The van der Waals surface area contributed by atoms with Gasteiger partial charge in [0.15, 0.2) is 5.76 Å². The number of carbonyl (C=O) groups is 1. The monoisotopic (exact) mass is 341 g/mol. The zero-order valence-electron chi connectivity index (χ0n) is 13.2. The van der Waals surface area contributed by atoms with Gasteiger partial charge >= 0.3 is 0 Å². The first-order valence-corrected chi connectivity index (χ1v) is 7.79. The predicted molar refractivity (Wildman–Crippen MR) is 84.1 cm³/mol. The van der Waals surface area contributed by atoms with Crippen molar-refractivity contribution in [1.29, 1.82) is 0 Å². The quantitative estimate of drug-likeness (QED) is 0.720. The van der Waals surface area contributed by atoms with Crippen molar-refractivity contribution in [3.05, 3.63) is 60.4 Å². The number of amides is 1. The molecule has 2 aromatic heterocycles. The van der Waals surface area contributed by atoms with Crippen molar-refractivity contribution in [1.82, 2.24) is 15.0 Å². The minimum Gasteiger partial charge on any atom is -0.426 e. The molecule has 1 aromatic carbocycles. The molecule has 1 aliphatic heterocycles. The van der Waals surface area contributed by atoms with Crippen LogP contribution in [0.2, 0.25) is 0 Å². The van der Waals surface area contributed by atoms with Gasteiger partial charge in [0, 0.05) is 12.6 Å². The average molecular weight is 341 g/mol. The van der Waals surface area contributed by atoms with Crippen LogP contribution in [0, 0.1) is 0 Å². The molecule has 0 saturated carbocycles. The molecule has 8 heteroatoms. The van der Waals surface area contributed by atoms with Crippen LogP contribution < -0.4 is 4.74 Å². The van der Waals surface area contributed by atoms with E-state index in [9.17, 15) is 4.79 Å². The Hall–Kier alpha value is -3.13. The molecule has 1 amide bonds. The Morgan fingerprint density at radius 1 is 1.20 bits per heavy atom. The van der Waals surface area contributed by atoms with Crippen LogP contribution in [0.25, 0.3) is 0 Å². The van der Waals surface area contributed by atoms with Crippen LogP contribution in [0.3, 0.4) is 0 Å². The van der Waals surface area contributed by atoms with Gasteiger partial charge in [0.25, 0.3) is 11.9 Å². The molecular weight excluding hydrogens is 326 g/mol. The van der Waals surface area contributed by atoms with Gasteiger partial charge < -0.3 is 23.3 Å². The Balaban J connectivity index is 1.44. The summed E-state index contributed by atoms with van der Waals surface area (Å²) in [6.07, 6.45) is 0.825. The SMILES string of the molecule is O=C(c1ccc(Oc2ccccc2)o1)N1CCO[C@H](c2ncon2)C1. The molecule has 1 aliphatic rings. The summed E-state index contributed by atoms with van der Waals surface area (Å²) in [5.74, 6) is 1.29. The zero-order chi connectivity index (χ0) is 17.1. The van der Waals surface area contributed by atoms with Crippen molar-refractivity contribution >= 4 is 5.91 Å². The van der Waals surface area contributed by atoms with Gasteiger partial charge in [0.2, 0.25) is 12.2 Å². The molecule has 3 heterocycles. The van der Waals surface area contributed by atoms with E-state index in [1.165, 1.54) is 6.39 Å². The van der Waals surface area contributed by atoms with Crippen molar-refractivity contribution in [3.63, 3.8) is 0 Å². The van der Waals surface area contributed by atoms with E-state index in [0.717, 1.165) is 0 Å². The lowest BCUT2D eigenvalue weighted by Crippen LogP contribution is -2.42. The molecule has 128 valence electrons. The minimum atomic E-state index is -0.411. The number of hydrogen-bond donors (Lipinski definition) is 0. The van der Waals surface area contributed by atoms with E-state index in [0.29, 0.717) is 31.3 Å². The molecule has 0 N–H and O–H groups in total. The average Bonchev–Trinajstić information content (AvgIpc) is 3.34. The van der Waals surface area contributed by atoms with Gasteiger partial charge in [-0.1, -0.05) is 23.4 Å². The Labute approximate surface area is 142 Å². The van der Waals surface area contributed by atoms with E-state index in [1.807, 2.05) is 30.3 Å². The summed E-state index contributed by atoms with van der Waals surface area (Å²) in [5, 5.41) is 3.76. The second-order valence-electron chi connectivity index (χ2n) is 5.43. The Bertz CT molecular complexity index is 831. The Morgan fingerprint density at radius 2 is 2.08 bits per heavy atom. The van der Waals surface area contributed by atoms with Crippen LogP contribution >= 0.6 is 0 Å². The maximum atomic E-state index is 12.6. The molecule has 0 bridgehead atoms. The van der Waals surface area contributed by atoms with E-state index in [-0.39, 0.29) is 17.6 Å². The number of carbonyl (C=O) groups excluding carboxylic acids is 1. The fourth-order valence-corrected chi connectivity index (χ4v) is 2.56. The summed E-state index contributed by atoms with van der Waals surface area (Å²) in [7, 11) is 0. The number of para-hydroxylation sites is 1. The van der Waals surface area contributed by atoms with E-state index in [1.54, 1.807) is 17.0 Å². The van der Waals surface area contributed by atoms with Gasteiger partial charge in [-0.05, 0) is 18.2 Å². The van der Waals surface area contributed by atoms with Gasteiger partial charge in [-0.3, -0.25) is 4.79 Å². The maximum Gasteiger partial charge on any atom is 0.290 e. The highest BCUT2D eigenvalue weighted by Crippen LogP contribution is 2.26.